The normalized spacial score (nSPS) is 18.6. The topological polar surface area (TPSA) is 57.4 Å². The van der Waals surface area contributed by atoms with Crippen molar-refractivity contribution >= 4 is 38.4 Å². The van der Waals surface area contributed by atoms with E-state index in [2.05, 4.69) is 45.3 Å². The summed E-state index contributed by atoms with van der Waals surface area (Å²) in [5, 5.41) is 4.74. The quantitative estimate of drug-likeness (QED) is 0.507. The van der Waals surface area contributed by atoms with Crippen molar-refractivity contribution in [3.05, 3.63) is 70.3 Å². The van der Waals surface area contributed by atoms with Crippen molar-refractivity contribution in [3.63, 3.8) is 0 Å². The molecule has 3 aromatic rings. The molecule has 1 fully saturated rings. The van der Waals surface area contributed by atoms with Gasteiger partial charge in [0.2, 0.25) is 0 Å². The highest BCUT2D eigenvalue weighted by molar-refractivity contribution is 9.10. The number of allylic oxidation sites excluding steroid dienone is 1. The maximum Gasteiger partial charge on any atom is 0.253 e. The summed E-state index contributed by atoms with van der Waals surface area (Å²) in [6, 6.07) is 14.0. The zero-order valence-electron chi connectivity index (χ0n) is 17.6. The van der Waals surface area contributed by atoms with E-state index in [1.54, 1.807) is 0 Å². The molecule has 2 aliphatic rings. The van der Waals surface area contributed by atoms with E-state index in [1.165, 1.54) is 0 Å². The molecule has 6 heteroatoms. The van der Waals surface area contributed by atoms with Crippen molar-refractivity contribution in [1.82, 2.24) is 15.2 Å². The molecule has 5 nitrogen and oxygen atoms in total. The third-order valence-corrected chi connectivity index (χ3v) is 6.69. The van der Waals surface area contributed by atoms with E-state index < -0.39 is 5.72 Å². The van der Waals surface area contributed by atoms with Gasteiger partial charge in [-0.3, -0.25) is 4.79 Å². The first-order chi connectivity index (χ1) is 15.1. The largest absolute Gasteiger partial charge is 0.467 e. The number of aromatic nitrogens is 1. The number of nitrogens with one attached hydrogen (secondary N) is 2. The predicted octanol–water partition coefficient (Wildman–Crippen LogP) is 5.69. The number of piperidine rings is 1. The lowest BCUT2D eigenvalue weighted by molar-refractivity contribution is -0.0146. The maximum absolute atomic E-state index is 13.1. The van der Waals surface area contributed by atoms with Gasteiger partial charge in [-0.15, -0.1) is 0 Å². The molecule has 1 amide bonds. The first-order valence-electron chi connectivity index (χ1n) is 10.9. The van der Waals surface area contributed by atoms with Gasteiger partial charge in [-0.1, -0.05) is 35.4 Å². The minimum Gasteiger partial charge on any atom is -0.467 e. The number of nitrogens with zero attached hydrogens (tertiary/aromatic N) is 1. The van der Waals surface area contributed by atoms with Gasteiger partial charge in [0.05, 0.1) is 0 Å². The van der Waals surface area contributed by atoms with Crippen LogP contribution in [0.4, 0.5) is 0 Å². The number of likely N-dealkylation sites (tertiary alicyclic amines) is 1. The molecule has 5 rings (SSSR count). The fraction of sp³-hybridized carbons (Fsp3) is 0.320. The van der Waals surface area contributed by atoms with Gasteiger partial charge in [0, 0.05) is 64.3 Å². The summed E-state index contributed by atoms with van der Waals surface area (Å²) < 4.78 is 7.53. The molecule has 160 valence electrons. The third-order valence-electron chi connectivity index (χ3n) is 6.20. The highest BCUT2D eigenvalue weighted by atomic mass is 79.9. The molecule has 2 aromatic carbocycles. The molecule has 2 aliphatic heterocycles. The van der Waals surface area contributed by atoms with Gasteiger partial charge < -0.3 is 19.9 Å². The van der Waals surface area contributed by atoms with Crippen LogP contribution in [0.15, 0.2) is 59.2 Å². The van der Waals surface area contributed by atoms with Gasteiger partial charge >= 0.3 is 0 Å². The van der Waals surface area contributed by atoms with Crippen molar-refractivity contribution < 1.29 is 9.53 Å². The number of carbonyl (C=O) groups excluding carboxylic acids is 1. The number of hydrogen-bond donors (Lipinski definition) is 2. The number of amides is 1. The zero-order valence-corrected chi connectivity index (χ0v) is 19.2. The molecule has 0 atom stereocenters. The van der Waals surface area contributed by atoms with Gasteiger partial charge in [-0.2, -0.15) is 0 Å². The van der Waals surface area contributed by atoms with E-state index >= 15 is 0 Å². The highest BCUT2D eigenvalue weighted by Crippen LogP contribution is 2.39. The van der Waals surface area contributed by atoms with Crippen LogP contribution in [0.5, 0.6) is 5.75 Å². The van der Waals surface area contributed by atoms with E-state index in [0.29, 0.717) is 13.1 Å². The highest BCUT2D eigenvalue weighted by Gasteiger charge is 2.42. The summed E-state index contributed by atoms with van der Waals surface area (Å²) in [6.07, 6.45) is 7.75. The molecular formula is C25H26BrN3O2. The zero-order chi connectivity index (χ0) is 21.4. The Kier molecular flexibility index (Phi) is 5.26. The smallest absolute Gasteiger partial charge is 0.253 e. The lowest BCUT2D eigenvalue weighted by Crippen LogP contribution is -2.58. The monoisotopic (exact) mass is 479 g/mol. The summed E-state index contributed by atoms with van der Waals surface area (Å²) >= 11 is 3.58. The number of H-pyrrole nitrogens is 1. The fourth-order valence-electron chi connectivity index (χ4n) is 4.47. The summed E-state index contributed by atoms with van der Waals surface area (Å²) in [6.45, 7) is 3.50. The van der Waals surface area contributed by atoms with Crippen molar-refractivity contribution in [2.75, 3.05) is 13.1 Å². The maximum atomic E-state index is 13.1. The number of ether oxygens (including phenoxy) is 1. The first-order valence-corrected chi connectivity index (χ1v) is 11.7. The van der Waals surface area contributed by atoms with Crippen LogP contribution in [0, 0.1) is 0 Å². The van der Waals surface area contributed by atoms with Crippen LogP contribution in [0.2, 0.25) is 0 Å². The molecule has 0 bridgehead atoms. The molecule has 3 heterocycles. The molecule has 0 unspecified atom stereocenters. The van der Waals surface area contributed by atoms with E-state index in [1.807, 2.05) is 47.5 Å². The Morgan fingerprint density at radius 2 is 2.03 bits per heavy atom. The number of carbonyl (C=O) groups is 1. The van der Waals surface area contributed by atoms with Crippen LogP contribution in [-0.4, -0.2) is 34.6 Å². The Morgan fingerprint density at radius 3 is 2.84 bits per heavy atom. The minimum atomic E-state index is -0.470. The molecule has 1 aromatic heterocycles. The SMILES string of the molecule is CCC/C=C1\NC2(CCN(C(=O)c3ccc4[nH]ccc4c3)CC2)Oc2ccc(Br)cc21. The Hall–Kier alpha value is -2.73. The van der Waals surface area contributed by atoms with Crippen molar-refractivity contribution in [2.24, 2.45) is 0 Å². The molecule has 0 aliphatic carbocycles. The van der Waals surface area contributed by atoms with Gasteiger partial charge in [-0.05, 0) is 48.9 Å². The fourth-order valence-corrected chi connectivity index (χ4v) is 4.83. The summed E-state index contributed by atoms with van der Waals surface area (Å²) in [4.78, 5) is 18.2. The summed E-state index contributed by atoms with van der Waals surface area (Å²) in [5.41, 5.74) is 3.53. The average Bonchev–Trinajstić information content (AvgIpc) is 3.26. The number of unbranched alkanes of at least 4 members (excludes halogenated alkanes) is 1. The molecule has 1 saturated heterocycles. The molecule has 1 spiro atoms. The standard InChI is InChI=1S/C25H26BrN3O2/c1-2-3-4-22-20-16-19(26)6-8-23(20)31-25(28-22)10-13-29(14-11-25)24(30)18-5-7-21-17(15-18)9-12-27-21/h4-9,12,15-16,27-28H,2-3,10-11,13-14H2,1H3/b22-4-. The van der Waals surface area contributed by atoms with Crippen LogP contribution >= 0.6 is 15.9 Å². The molecule has 0 saturated carbocycles. The van der Waals surface area contributed by atoms with E-state index in [0.717, 1.165) is 63.6 Å². The number of aromatic amines is 1. The van der Waals surface area contributed by atoms with E-state index in [-0.39, 0.29) is 5.91 Å². The minimum absolute atomic E-state index is 0.0832. The lowest BCUT2D eigenvalue weighted by Gasteiger charge is -2.46. The summed E-state index contributed by atoms with van der Waals surface area (Å²) in [7, 11) is 0. The number of halogens is 1. The predicted molar refractivity (Wildman–Crippen MR) is 127 cm³/mol. The van der Waals surface area contributed by atoms with E-state index in [9.17, 15) is 4.79 Å². The Labute approximate surface area is 190 Å². The second-order valence-corrected chi connectivity index (χ2v) is 9.26. The van der Waals surface area contributed by atoms with Crippen LogP contribution in [0.25, 0.3) is 16.6 Å². The molecule has 2 N–H and O–H groups in total. The number of rotatable bonds is 3. The number of hydrogen-bond acceptors (Lipinski definition) is 3. The van der Waals surface area contributed by atoms with Crippen LogP contribution < -0.4 is 10.1 Å². The van der Waals surface area contributed by atoms with Gasteiger partial charge in [-0.25, -0.2) is 0 Å². The molecular weight excluding hydrogens is 454 g/mol. The van der Waals surface area contributed by atoms with E-state index in [4.69, 9.17) is 4.74 Å². The molecule has 31 heavy (non-hydrogen) atoms. The number of fused-ring (bicyclic) bond motifs is 2. The third kappa shape index (κ3) is 3.85. The lowest BCUT2D eigenvalue weighted by atomic mass is 9.95. The summed E-state index contributed by atoms with van der Waals surface area (Å²) in [5.74, 6) is 0.988. The number of benzene rings is 2. The Morgan fingerprint density at radius 1 is 1.19 bits per heavy atom. The van der Waals surface area contributed by atoms with Crippen molar-refractivity contribution in [1.29, 1.82) is 0 Å². The van der Waals surface area contributed by atoms with Crippen LogP contribution in [-0.2, 0) is 0 Å². The van der Waals surface area contributed by atoms with Crippen molar-refractivity contribution in [2.45, 2.75) is 38.3 Å². The van der Waals surface area contributed by atoms with Gasteiger partial charge in [0.25, 0.3) is 5.91 Å². The van der Waals surface area contributed by atoms with Gasteiger partial charge in [0.15, 0.2) is 5.72 Å². The second-order valence-electron chi connectivity index (χ2n) is 8.34. The first kappa shape index (κ1) is 20.2. The molecule has 0 radical (unpaired) electrons. The Balaban J connectivity index is 1.35. The van der Waals surface area contributed by atoms with Crippen LogP contribution in [0.3, 0.4) is 0 Å². The van der Waals surface area contributed by atoms with Gasteiger partial charge in [0.1, 0.15) is 5.75 Å². The average molecular weight is 480 g/mol. The van der Waals surface area contributed by atoms with Crippen molar-refractivity contribution in [3.8, 4) is 5.75 Å². The second kappa shape index (κ2) is 8.08. The van der Waals surface area contributed by atoms with Crippen LogP contribution in [0.1, 0.15) is 48.5 Å². The Bertz CT molecular complexity index is 1160.